The normalized spacial score (nSPS) is 11.3. The standard InChI is InChI=1S/C20H27N5O2/c1-13-11-14(2)22-19-18(13)20(25-15(3)7-8-16(25)4)23-24(19)12-17(26)21-9-6-10-27-5/h7-8,11H,6,9-10,12H2,1-5H3,(H,21,26). The van der Waals surface area contributed by atoms with Crippen LogP contribution in [0.25, 0.3) is 16.9 Å². The summed E-state index contributed by atoms with van der Waals surface area (Å²) in [5.41, 5.74) is 4.95. The highest BCUT2D eigenvalue weighted by molar-refractivity contribution is 5.88. The summed E-state index contributed by atoms with van der Waals surface area (Å²) in [5, 5.41) is 8.67. The molecule has 3 rings (SSSR count). The molecule has 27 heavy (non-hydrogen) atoms. The third-order valence-corrected chi connectivity index (χ3v) is 4.63. The number of fused-ring (bicyclic) bond motifs is 1. The van der Waals surface area contributed by atoms with Crippen molar-refractivity contribution in [2.45, 2.75) is 40.7 Å². The van der Waals surface area contributed by atoms with Gasteiger partial charge in [-0.15, -0.1) is 0 Å². The number of hydrogen-bond donors (Lipinski definition) is 1. The molecule has 7 nitrogen and oxygen atoms in total. The van der Waals surface area contributed by atoms with Crippen molar-refractivity contribution in [2.75, 3.05) is 20.3 Å². The van der Waals surface area contributed by atoms with Crippen molar-refractivity contribution in [3.63, 3.8) is 0 Å². The Morgan fingerprint density at radius 2 is 1.89 bits per heavy atom. The number of amides is 1. The molecule has 1 N–H and O–H groups in total. The van der Waals surface area contributed by atoms with Gasteiger partial charge in [0.1, 0.15) is 6.54 Å². The molecule has 3 aromatic heterocycles. The number of pyridine rings is 1. The summed E-state index contributed by atoms with van der Waals surface area (Å²) < 4.78 is 8.83. The number of aryl methyl sites for hydroxylation is 4. The molecule has 0 aromatic carbocycles. The Labute approximate surface area is 159 Å². The summed E-state index contributed by atoms with van der Waals surface area (Å²) in [6, 6.07) is 6.19. The molecule has 0 saturated heterocycles. The zero-order valence-corrected chi connectivity index (χ0v) is 16.7. The molecule has 0 bridgehead atoms. The highest BCUT2D eigenvalue weighted by Crippen LogP contribution is 2.27. The summed E-state index contributed by atoms with van der Waals surface area (Å²) in [5.74, 6) is 0.742. The second kappa shape index (κ2) is 7.92. The summed E-state index contributed by atoms with van der Waals surface area (Å²) in [6.45, 7) is 9.47. The number of hydrogen-bond acceptors (Lipinski definition) is 4. The zero-order valence-electron chi connectivity index (χ0n) is 16.7. The quantitative estimate of drug-likeness (QED) is 0.650. The van der Waals surface area contributed by atoms with Crippen LogP contribution in [0, 0.1) is 27.7 Å². The van der Waals surface area contributed by atoms with Gasteiger partial charge in [-0.05, 0) is 57.9 Å². The largest absolute Gasteiger partial charge is 0.385 e. The molecule has 0 radical (unpaired) electrons. The van der Waals surface area contributed by atoms with Crippen LogP contribution < -0.4 is 5.32 Å². The lowest BCUT2D eigenvalue weighted by Crippen LogP contribution is -2.29. The highest BCUT2D eigenvalue weighted by Gasteiger charge is 2.19. The second-order valence-corrected chi connectivity index (χ2v) is 6.91. The smallest absolute Gasteiger partial charge is 0.241 e. The van der Waals surface area contributed by atoms with Gasteiger partial charge < -0.3 is 14.6 Å². The van der Waals surface area contributed by atoms with Crippen molar-refractivity contribution in [2.24, 2.45) is 0 Å². The topological polar surface area (TPSA) is 74.0 Å². The molecule has 3 heterocycles. The van der Waals surface area contributed by atoms with Crippen LogP contribution in [0.15, 0.2) is 18.2 Å². The van der Waals surface area contributed by atoms with Crippen molar-refractivity contribution >= 4 is 16.9 Å². The molecule has 3 aromatic rings. The van der Waals surface area contributed by atoms with Gasteiger partial charge in [0.25, 0.3) is 0 Å². The van der Waals surface area contributed by atoms with Gasteiger partial charge in [0.15, 0.2) is 11.5 Å². The van der Waals surface area contributed by atoms with E-state index in [0.717, 1.165) is 45.9 Å². The Hall–Kier alpha value is -2.67. The number of carbonyl (C=O) groups excluding carboxylic acids is 1. The van der Waals surface area contributed by atoms with Crippen LogP contribution in [0.2, 0.25) is 0 Å². The van der Waals surface area contributed by atoms with Crippen LogP contribution in [0.4, 0.5) is 0 Å². The lowest BCUT2D eigenvalue weighted by molar-refractivity contribution is -0.121. The minimum Gasteiger partial charge on any atom is -0.385 e. The summed E-state index contributed by atoms with van der Waals surface area (Å²) in [6.07, 6.45) is 0.783. The van der Waals surface area contributed by atoms with Gasteiger partial charge in [-0.25, -0.2) is 9.67 Å². The van der Waals surface area contributed by atoms with Gasteiger partial charge in [0, 0.05) is 37.3 Å². The molecular formula is C20H27N5O2. The van der Waals surface area contributed by atoms with Crippen molar-refractivity contribution in [1.29, 1.82) is 0 Å². The molecule has 0 fully saturated rings. The number of carbonyl (C=O) groups is 1. The van der Waals surface area contributed by atoms with Crippen molar-refractivity contribution in [1.82, 2.24) is 24.6 Å². The first-order valence-corrected chi connectivity index (χ1v) is 9.18. The first-order valence-electron chi connectivity index (χ1n) is 9.18. The molecule has 0 aliphatic heterocycles. The maximum Gasteiger partial charge on any atom is 0.241 e. The number of nitrogens with one attached hydrogen (secondary N) is 1. The number of rotatable bonds is 7. The molecule has 144 valence electrons. The zero-order chi connectivity index (χ0) is 19.6. The van der Waals surface area contributed by atoms with Gasteiger partial charge in [-0.3, -0.25) is 4.79 Å². The van der Waals surface area contributed by atoms with Crippen LogP contribution in [0.3, 0.4) is 0 Å². The Morgan fingerprint density at radius 3 is 2.56 bits per heavy atom. The minimum atomic E-state index is -0.0797. The molecule has 0 aliphatic rings. The Bertz CT molecular complexity index is 951. The molecule has 0 spiro atoms. The van der Waals surface area contributed by atoms with Gasteiger partial charge in [0.05, 0.1) is 5.39 Å². The molecule has 0 unspecified atom stereocenters. The lowest BCUT2D eigenvalue weighted by atomic mass is 10.1. The Morgan fingerprint density at radius 1 is 1.19 bits per heavy atom. The molecular weight excluding hydrogens is 342 g/mol. The number of aromatic nitrogens is 4. The minimum absolute atomic E-state index is 0.0797. The van der Waals surface area contributed by atoms with Crippen LogP contribution in [-0.2, 0) is 16.1 Å². The monoisotopic (exact) mass is 369 g/mol. The number of ether oxygens (including phenoxy) is 1. The van der Waals surface area contributed by atoms with Gasteiger partial charge in [-0.1, -0.05) is 0 Å². The van der Waals surface area contributed by atoms with Crippen molar-refractivity contribution in [3.8, 4) is 5.82 Å². The highest BCUT2D eigenvalue weighted by atomic mass is 16.5. The molecule has 0 aliphatic carbocycles. The van der Waals surface area contributed by atoms with E-state index in [1.807, 2.05) is 6.92 Å². The SMILES string of the molecule is COCCCNC(=O)Cn1nc(-n2c(C)ccc2C)c2c(C)cc(C)nc21. The van der Waals surface area contributed by atoms with Crippen LogP contribution >= 0.6 is 0 Å². The van der Waals surface area contributed by atoms with Gasteiger partial charge in [-0.2, -0.15) is 5.10 Å². The fraction of sp³-hybridized carbons (Fsp3) is 0.450. The maximum atomic E-state index is 12.4. The molecule has 1 amide bonds. The van der Waals surface area contributed by atoms with E-state index in [1.54, 1.807) is 11.8 Å². The first-order chi connectivity index (χ1) is 12.9. The average Bonchev–Trinajstić information content (AvgIpc) is 3.12. The number of nitrogens with zero attached hydrogens (tertiary/aromatic N) is 4. The second-order valence-electron chi connectivity index (χ2n) is 6.91. The Kier molecular flexibility index (Phi) is 5.60. The van der Waals surface area contributed by atoms with E-state index in [2.05, 4.69) is 53.8 Å². The third kappa shape index (κ3) is 3.88. The van der Waals surface area contributed by atoms with Crippen molar-refractivity contribution < 1.29 is 9.53 Å². The van der Waals surface area contributed by atoms with E-state index in [9.17, 15) is 4.79 Å². The van der Waals surface area contributed by atoms with Crippen molar-refractivity contribution in [3.05, 3.63) is 40.8 Å². The Balaban J connectivity index is 2.00. The number of methoxy groups -OCH3 is 1. The third-order valence-electron chi connectivity index (χ3n) is 4.63. The molecule has 7 heteroatoms. The molecule has 0 atom stereocenters. The maximum absolute atomic E-state index is 12.4. The van der Waals surface area contributed by atoms with Gasteiger partial charge in [0.2, 0.25) is 5.91 Å². The predicted molar refractivity (Wildman–Crippen MR) is 105 cm³/mol. The van der Waals surface area contributed by atoms with E-state index in [0.29, 0.717) is 13.2 Å². The van der Waals surface area contributed by atoms with E-state index in [-0.39, 0.29) is 12.5 Å². The average molecular weight is 369 g/mol. The summed E-state index contributed by atoms with van der Waals surface area (Å²) >= 11 is 0. The summed E-state index contributed by atoms with van der Waals surface area (Å²) in [7, 11) is 1.65. The van der Waals surface area contributed by atoms with E-state index < -0.39 is 0 Å². The van der Waals surface area contributed by atoms with Crippen LogP contribution in [0.5, 0.6) is 0 Å². The van der Waals surface area contributed by atoms with E-state index >= 15 is 0 Å². The van der Waals surface area contributed by atoms with Crippen LogP contribution in [-0.4, -0.2) is 45.5 Å². The van der Waals surface area contributed by atoms with E-state index in [1.165, 1.54) is 0 Å². The fourth-order valence-electron chi connectivity index (χ4n) is 3.40. The summed E-state index contributed by atoms with van der Waals surface area (Å²) in [4.78, 5) is 17.0. The fourth-order valence-corrected chi connectivity index (χ4v) is 3.40. The van der Waals surface area contributed by atoms with Crippen LogP contribution in [0.1, 0.15) is 29.1 Å². The predicted octanol–water partition coefficient (Wildman–Crippen LogP) is 2.61. The first kappa shape index (κ1) is 19.1. The van der Waals surface area contributed by atoms with Gasteiger partial charge >= 0.3 is 0 Å². The van der Waals surface area contributed by atoms with E-state index in [4.69, 9.17) is 9.84 Å². The molecule has 0 saturated carbocycles. The lowest BCUT2D eigenvalue weighted by Gasteiger charge is -2.07.